The molecule has 3 fully saturated rings. The summed E-state index contributed by atoms with van der Waals surface area (Å²) in [5, 5.41) is 3.37. The number of nitrogens with zero attached hydrogens (tertiary/aromatic N) is 1. The SMILES string of the molecule is CC1(C)CC(N2CNC3(CC3)C2=O)CCO1. The highest BCUT2D eigenvalue weighted by atomic mass is 16.5. The van der Waals surface area contributed by atoms with E-state index in [9.17, 15) is 4.79 Å². The summed E-state index contributed by atoms with van der Waals surface area (Å²) in [6.07, 6.45) is 3.98. The van der Waals surface area contributed by atoms with Crippen molar-refractivity contribution in [3.63, 3.8) is 0 Å². The molecule has 1 saturated carbocycles. The molecule has 3 aliphatic rings. The van der Waals surface area contributed by atoms with Gasteiger partial charge in [0.05, 0.1) is 17.8 Å². The smallest absolute Gasteiger partial charge is 0.244 e. The molecule has 1 atom stereocenters. The third-order valence-corrected chi connectivity index (χ3v) is 4.12. The second-order valence-corrected chi connectivity index (χ2v) is 5.95. The number of nitrogens with one attached hydrogen (secondary N) is 1. The molecule has 1 amide bonds. The molecule has 16 heavy (non-hydrogen) atoms. The molecule has 90 valence electrons. The van der Waals surface area contributed by atoms with Gasteiger partial charge in [-0.1, -0.05) is 0 Å². The van der Waals surface area contributed by atoms with Crippen molar-refractivity contribution in [3.05, 3.63) is 0 Å². The van der Waals surface area contributed by atoms with Crippen molar-refractivity contribution in [2.45, 2.75) is 56.7 Å². The zero-order chi connectivity index (χ0) is 11.4. The van der Waals surface area contributed by atoms with E-state index in [2.05, 4.69) is 19.2 Å². The van der Waals surface area contributed by atoms with Crippen LogP contribution >= 0.6 is 0 Å². The summed E-state index contributed by atoms with van der Waals surface area (Å²) in [5.41, 5.74) is -0.231. The fraction of sp³-hybridized carbons (Fsp3) is 0.917. The first-order valence-corrected chi connectivity index (χ1v) is 6.23. The maximum atomic E-state index is 12.2. The van der Waals surface area contributed by atoms with Crippen molar-refractivity contribution < 1.29 is 9.53 Å². The number of hydrogen-bond acceptors (Lipinski definition) is 3. The average Bonchev–Trinajstić information content (AvgIpc) is 2.90. The van der Waals surface area contributed by atoms with Gasteiger partial charge in [-0.05, 0) is 39.5 Å². The summed E-state index contributed by atoms with van der Waals surface area (Å²) in [7, 11) is 0. The van der Waals surface area contributed by atoms with E-state index in [1.165, 1.54) is 0 Å². The minimum Gasteiger partial charge on any atom is -0.375 e. The van der Waals surface area contributed by atoms with E-state index in [0.29, 0.717) is 11.9 Å². The number of carbonyl (C=O) groups excluding carboxylic acids is 1. The zero-order valence-corrected chi connectivity index (χ0v) is 10.1. The quantitative estimate of drug-likeness (QED) is 0.718. The number of hydrogen-bond donors (Lipinski definition) is 1. The van der Waals surface area contributed by atoms with Gasteiger partial charge < -0.3 is 9.64 Å². The average molecular weight is 224 g/mol. The maximum Gasteiger partial charge on any atom is 0.244 e. The Labute approximate surface area is 96.3 Å². The summed E-state index contributed by atoms with van der Waals surface area (Å²) >= 11 is 0. The van der Waals surface area contributed by atoms with E-state index < -0.39 is 0 Å². The van der Waals surface area contributed by atoms with Gasteiger partial charge in [0, 0.05) is 12.6 Å². The molecule has 3 rings (SSSR count). The lowest BCUT2D eigenvalue weighted by molar-refractivity contribution is -0.137. The van der Waals surface area contributed by atoms with Gasteiger partial charge in [0.25, 0.3) is 0 Å². The van der Waals surface area contributed by atoms with Crippen molar-refractivity contribution in [1.29, 1.82) is 0 Å². The van der Waals surface area contributed by atoms with Gasteiger partial charge in [-0.25, -0.2) is 0 Å². The van der Waals surface area contributed by atoms with Crippen LogP contribution in [0.5, 0.6) is 0 Å². The van der Waals surface area contributed by atoms with Crippen LogP contribution in [0.1, 0.15) is 39.5 Å². The second-order valence-electron chi connectivity index (χ2n) is 5.95. The van der Waals surface area contributed by atoms with Gasteiger partial charge in [-0.2, -0.15) is 0 Å². The number of amides is 1. The summed E-state index contributed by atoms with van der Waals surface area (Å²) in [6.45, 7) is 5.73. The highest BCUT2D eigenvalue weighted by Gasteiger charge is 2.57. The van der Waals surface area contributed by atoms with Crippen LogP contribution < -0.4 is 5.32 Å². The van der Waals surface area contributed by atoms with E-state index in [1.54, 1.807) is 0 Å². The Morgan fingerprint density at radius 2 is 2.19 bits per heavy atom. The van der Waals surface area contributed by atoms with E-state index in [-0.39, 0.29) is 11.1 Å². The molecule has 2 aliphatic heterocycles. The monoisotopic (exact) mass is 224 g/mol. The molecular weight excluding hydrogens is 204 g/mol. The maximum absolute atomic E-state index is 12.2. The molecule has 4 heteroatoms. The fourth-order valence-corrected chi connectivity index (χ4v) is 2.94. The van der Waals surface area contributed by atoms with Crippen molar-refractivity contribution in [2.75, 3.05) is 13.3 Å². The highest BCUT2D eigenvalue weighted by Crippen LogP contribution is 2.42. The molecular formula is C12H20N2O2. The van der Waals surface area contributed by atoms with Crippen molar-refractivity contribution in [1.82, 2.24) is 10.2 Å². The van der Waals surface area contributed by atoms with Gasteiger partial charge in [0.1, 0.15) is 0 Å². The molecule has 4 nitrogen and oxygen atoms in total. The molecule has 1 spiro atoms. The minimum atomic E-state index is -0.150. The van der Waals surface area contributed by atoms with E-state index in [4.69, 9.17) is 4.74 Å². The predicted octanol–water partition coefficient (Wildman–Crippen LogP) is 0.866. The molecule has 0 aromatic heterocycles. The zero-order valence-electron chi connectivity index (χ0n) is 10.1. The normalized spacial score (nSPS) is 35.8. The van der Waals surface area contributed by atoms with Crippen molar-refractivity contribution in [3.8, 4) is 0 Å². The fourth-order valence-electron chi connectivity index (χ4n) is 2.94. The highest BCUT2D eigenvalue weighted by molar-refractivity contribution is 5.91. The molecule has 0 radical (unpaired) electrons. The van der Waals surface area contributed by atoms with Gasteiger partial charge in [0.15, 0.2) is 0 Å². The van der Waals surface area contributed by atoms with Crippen LogP contribution in [0.2, 0.25) is 0 Å². The van der Waals surface area contributed by atoms with E-state index >= 15 is 0 Å². The number of rotatable bonds is 1. The van der Waals surface area contributed by atoms with E-state index in [1.807, 2.05) is 4.90 Å². The van der Waals surface area contributed by atoms with Crippen molar-refractivity contribution in [2.24, 2.45) is 0 Å². The molecule has 1 aliphatic carbocycles. The number of ether oxygens (including phenoxy) is 1. The summed E-state index contributed by atoms with van der Waals surface area (Å²) in [6, 6.07) is 0.365. The first-order chi connectivity index (χ1) is 7.53. The summed E-state index contributed by atoms with van der Waals surface area (Å²) in [4.78, 5) is 14.3. The van der Waals surface area contributed by atoms with Gasteiger partial charge in [0.2, 0.25) is 5.91 Å². The summed E-state index contributed by atoms with van der Waals surface area (Å²) < 4.78 is 5.70. The van der Waals surface area contributed by atoms with Crippen LogP contribution in [0.3, 0.4) is 0 Å². The standard InChI is InChI=1S/C12H20N2O2/c1-11(2)7-9(3-6-16-11)14-8-13-12(4-5-12)10(14)15/h9,13H,3-8H2,1-2H3. The largest absolute Gasteiger partial charge is 0.375 e. The van der Waals surface area contributed by atoms with Gasteiger partial charge in [-0.15, -0.1) is 0 Å². The Kier molecular flexibility index (Phi) is 2.11. The Hall–Kier alpha value is -0.610. The Balaban J connectivity index is 1.71. The van der Waals surface area contributed by atoms with Crippen LogP contribution in [-0.2, 0) is 9.53 Å². The Morgan fingerprint density at radius 3 is 2.75 bits per heavy atom. The lowest BCUT2D eigenvalue weighted by atomic mass is 9.93. The van der Waals surface area contributed by atoms with Crippen LogP contribution in [0, 0.1) is 0 Å². The van der Waals surface area contributed by atoms with Gasteiger partial charge >= 0.3 is 0 Å². The molecule has 0 aromatic carbocycles. The van der Waals surface area contributed by atoms with Crippen molar-refractivity contribution >= 4 is 5.91 Å². The van der Waals surface area contributed by atoms with Gasteiger partial charge in [-0.3, -0.25) is 10.1 Å². The summed E-state index contributed by atoms with van der Waals surface area (Å²) in [5.74, 6) is 0.329. The third kappa shape index (κ3) is 1.55. The molecule has 2 heterocycles. The molecule has 0 bridgehead atoms. The van der Waals surface area contributed by atoms with Crippen LogP contribution in [-0.4, -0.2) is 41.3 Å². The van der Waals surface area contributed by atoms with Crippen LogP contribution in [0.25, 0.3) is 0 Å². The predicted molar refractivity (Wildman–Crippen MR) is 59.9 cm³/mol. The molecule has 0 aromatic rings. The Bertz CT molecular complexity index is 323. The molecule has 1 unspecified atom stereocenters. The first-order valence-electron chi connectivity index (χ1n) is 6.23. The molecule has 1 N–H and O–H groups in total. The lowest BCUT2D eigenvalue weighted by Crippen LogP contribution is -2.47. The van der Waals surface area contributed by atoms with E-state index in [0.717, 1.165) is 39.0 Å². The third-order valence-electron chi connectivity index (χ3n) is 4.12. The number of carbonyl (C=O) groups is 1. The Morgan fingerprint density at radius 1 is 1.44 bits per heavy atom. The van der Waals surface area contributed by atoms with Crippen LogP contribution in [0.4, 0.5) is 0 Å². The minimum absolute atomic E-state index is 0.0809. The molecule has 2 saturated heterocycles. The van der Waals surface area contributed by atoms with Crippen LogP contribution in [0.15, 0.2) is 0 Å². The second kappa shape index (κ2) is 3.20. The topological polar surface area (TPSA) is 41.6 Å². The first kappa shape index (κ1) is 10.5. The lowest BCUT2D eigenvalue weighted by Gasteiger charge is -2.39.